The minimum atomic E-state index is -0.255. The first kappa shape index (κ1) is 16.8. The van der Waals surface area contributed by atoms with Crippen molar-refractivity contribution in [3.8, 4) is 0 Å². The molecular weight excluding hydrogens is 344 g/mol. The highest BCUT2D eigenvalue weighted by molar-refractivity contribution is 8.02. The van der Waals surface area contributed by atoms with Crippen LogP contribution in [0, 0.1) is 13.8 Å². The standard InChI is InChI=1S/C16H18N4O2S2/c1-9-7-13(10(2)20(9)8-12-5-4-6-22-12)14(21)11(3)23-16-19-18-15(17)24-16/h4-7,11H,8H2,1-3H3,(H2,17,18)/t11-/m1/s1. The van der Waals surface area contributed by atoms with Crippen LogP contribution in [-0.4, -0.2) is 25.8 Å². The van der Waals surface area contributed by atoms with Crippen LogP contribution in [0.3, 0.4) is 0 Å². The Morgan fingerprint density at radius 1 is 1.46 bits per heavy atom. The largest absolute Gasteiger partial charge is 0.467 e. The second kappa shape index (κ2) is 6.82. The van der Waals surface area contributed by atoms with Crippen molar-refractivity contribution >= 4 is 34.0 Å². The number of ketones is 1. The number of nitrogens with zero attached hydrogens (tertiary/aromatic N) is 3. The van der Waals surface area contributed by atoms with E-state index in [9.17, 15) is 4.79 Å². The van der Waals surface area contributed by atoms with Gasteiger partial charge in [0.05, 0.1) is 18.1 Å². The second-order valence-corrected chi connectivity index (χ2v) is 8.08. The van der Waals surface area contributed by atoms with Gasteiger partial charge in [-0.25, -0.2) is 0 Å². The lowest BCUT2D eigenvalue weighted by molar-refractivity contribution is 0.0993. The number of nitrogens with two attached hydrogens (primary N) is 1. The van der Waals surface area contributed by atoms with Crippen LogP contribution in [-0.2, 0) is 6.54 Å². The molecule has 0 aliphatic heterocycles. The van der Waals surface area contributed by atoms with E-state index < -0.39 is 0 Å². The number of rotatable bonds is 6. The van der Waals surface area contributed by atoms with Crippen LogP contribution >= 0.6 is 23.1 Å². The highest BCUT2D eigenvalue weighted by Gasteiger charge is 2.23. The molecule has 8 heteroatoms. The van der Waals surface area contributed by atoms with E-state index >= 15 is 0 Å². The Morgan fingerprint density at radius 2 is 2.25 bits per heavy atom. The van der Waals surface area contributed by atoms with Crippen molar-refractivity contribution in [1.82, 2.24) is 14.8 Å². The average Bonchev–Trinajstić information content (AvgIpc) is 3.25. The minimum absolute atomic E-state index is 0.0765. The molecule has 0 saturated carbocycles. The summed E-state index contributed by atoms with van der Waals surface area (Å²) in [6.07, 6.45) is 1.65. The number of hydrogen-bond donors (Lipinski definition) is 1. The van der Waals surface area contributed by atoms with Gasteiger partial charge in [0.2, 0.25) is 5.13 Å². The highest BCUT2D eigenvalue weighted by Crippen LogP contribution is 2.30. The summed E-state index contributed by atoms with van der Waals surface area (Å²) in [5.41, 5.74) is 8.30. The van der Waals surface area contributed by atoms with Crippen molar-refractivity contribution in [2.75, 3.05) is 5.73 Å². The van der Waals surface area contributed by atoms with Crippen molar-refractivity contribution in [1.29, 1.82) is 0 Å². The van der Waals surface area contributed by atoms with Crippen molar-refractivity contribution in [2.45, 2.75) is 36.9 Å². The number of nitrogen functional groups attached to an aromatic ring is 1. The van der Waals surface area contributed by atoms with Gasteiger partial charge in [0.1, 0.15) is 5.76 Å². The molecule has 0 spiro atoms. The molecule has 0 unspecified atom stereocenters. The quantitative estimate of drug-likeness (QED) is 0.533. The lowest BCUT2D eigenvalue weighted by atomic mass is 10.1. The van der Waals surface area contributed by atoms with Gasteiger partial charge in [0.25, 0.3) is 0 Å². The third-order valence-corrected chi connectivity index (χ3v) is 5.74. The van der Waals surface area contributed by atoms with Gasteiger partial charge in [-0.05, 0) is 39.0 Å². The van der Waals surface area contributed by atoms with Crippen LogP contribution in [0.4, 0.5) is 5.13 Å². The third kappa shape index (κ3) is 3.39. The molecule has 2 N–H and O–H groups in total. The van der Waals surface area contributed by atoms with Crippen LogP contribution < -0.4 is 5.73 Å². The van der Waals surface area contributed by atoms with Crippen LogP contribution in [0.2, 0.25) is 0 Å². The van der Waals surface area contributed by atoms with Crippen molar-refractivity contribution in [2.24, 2.45) is 0 Å². The summed E-state index contributed by atoms with van der Waals surface area (Å²) < 4.78 is 8.21. The number of carbonyl (C=O) groups is 1. The summed E-state index contributed by atoms with van der Waals surface area (Å²) in [6, 6.07) is 5.73. The number of hydrogen-bond acceptors (Lipinski definition) is 7. The smallest absolute Gasteiger partial charge is 0.203 e. The molecule has 3 heterocycles. The monoisotopic (exact) mass is 362 g/mol. The summed E-state index contributed by atoms with van der Waals surface area (Å²) in [4.78, 5) is 12.8. The van der Waals surface area contributed by atoms with E-state index in [1.165, 1.54) is 23.1 Å². The summed E-state index contributed by atoms with van der Waals surface area (Å²) in [7, 11) is 0. The Morgan fingerprint density at radius 3 is 2.88 bits per heavy atom. The number of anilines is 1. The summed E-state index contributed by atoms with van der Waals surface area (Å²) in [6.45, 7) is 6.45. The maximum Gasteiger partial charge on any atom is 0.203 e. The number of aryl methyl sites for hydroxylation is 1. The zero-order chi connectivity index (χ0) is 17.3. The van der Waals surface area contributed by atoms with E-state index in [-0.39, 0.29) is 11.0 Å². The van der Waals surface area contributed by atoms with Crippen LogP contribution in [0.1, 0.15) is 34.4 Å². The topological polar surface area (TPSA) is 86.9 Å². The van der Waals surface area contributed by atoms with Crippen LogP contribution in [0.15, 0.2) is 33.2 Å². The average molecular weight is 362 g/mol. The molecule has 1 atom stereocenters. The van der Waals surface area contributed by atoms with E-state index in [2.05, 4.69) is 14.8 Å². The normalized spacial score (nSPS) is 12.5. The van der Waals surface area contributed by atoms with Gasteiger partial charge in [-0.15, -0.1) is 10.2 Å². The van der Waals surface area contributed by atoms with Gasteiger partial charge >= 0.3 is 0 Å². The molecule has 3 aromatic heterocycles. The number of Topliss-reactive ketones (excluding diaryl/α,β-unsaturated/α-hetero) is 1. The molecule has 0 aromatic carbocycles. The van der Waals surface area contributed by atoms with Gasteiger partial charge in [0.15, 0.2) is 10.1 Å². The molecule has 0 amide bonds. The Kier molecular flexibility index (Phi) is 4.77. The van der Waals surface area contributed by atoms with Crippen LogP contribution in [0.25, 0.3) is 0 Å². The molecule has 0 fully saturated rings. The zero-order valence-electron chi connectivity index (χ0n) is 13.6. The van der Waals surface area contributed by atoms with Crippen molar-refractivity contribution in [3.05, 3.63) is 47.2 Å². The van der Waals surface area contributed by atoms with E-state index in [0.29, 0.717) is 16.0 Å². The van der Waals surface area contributed by atoms with E-state index in [4.69, 9.17) is 10.2 Å². The first-order valence-corrected chi connectivity index (χ1v) is 9.14. The van der Waals surface area contributed by atoms with E-state index in [1.807, 2.05) is 39.0 Å². The second-order valence-electron chi connectivity index (χ2n) is 5.48. The van der Waals surface area contributed by atoms with E-state index in [1.54, 1.807) is 6.26 Å². The molecule has 24 heavy (non-hydrogen) atoms. The fourth-order valence-corrected chi connectivity index (χ4v) is 4.39. The van der Waals surface area contributed by atoms with Gasteiger partial charge < -0.3 is 14.7 Å². The molecule has 0 radical (unpaired) electrons. The molecule has 3 rings (SSSR count). The summed E-state index contributed by atoms with van der Waals surface area (Å²) in [5, 5.41) is 7.90. The Hall–Kier alpha value is -2.06. The van der Waals surface area contributed by atoms with Crippen molar-refractivity contribution in [3.63, 3.8) is 0 Å². The Bertz CT molecular complexity index is 852. The fraction of sp³-hybridized carbons (Fsp3) is 0.312. The lowest BCUT2D eigenvalue weighted by Gasteiger charge is -2.10. The van der Waals surface area contributed by atoms with E-state index in [0.717, 1.165) is 22.7 Å². The predicted octanol–water partition coefficient (Wildman–Crippen LogP) is 3.54. The minimum Gasteiger partial charge on any atom is -0.467 e. The molecule has 0 aliphatic rings. The van der Waals surface area contributed by atoms with Gasteiger partial charge in [0, 0.05) is 17.0 Å². The molecule has 126 valence electrons. The molecular formula is C16H18N4O2S2. The first-order valence-electron chi connectivity index (χ1n) is 7.44. The fourth-order valence-electron chi connectivity index (χ4n) is 2.54. The molecule has 0 aliphatic carbocycles. The Labute approximate surface area is 148 Å². The highest BCUT2D eigenvalue weighted by atomic mass is 32.2. The summed E-state index contributed by atoms with van der Waals surface area (Å²) in [5.74, 6) is 0.940. The van der Waals surface area contributed by atoms with Gasteiger partial charge in [-0.3, -0.25) is 4.79 Å². The molecule has 3 aromatic rings. The maximum atomic E-state index is 12.8. The predicted molar refractivity (Wildman–Crippen MR) is 95.7 cm³/mol. The number of aromatic nitrogens is 3. The SMILES string of the molecule is Cc1cc(C(=O)[C@@H](C)Sc2nnc(N)s2)c(C)n1Cc1ccco1. The Balaban J connectivity index is 1.79. The number of furan rings is 1. The van der Waals surface area contributed by atoms with Crippen LogP contribution in [0.5, 0.6) is 0 Å². The molecule has 0 saturated heterocycles. The third-order valence-electron chi connectivity index (χ3n) is 3.80. The first-order chi connectivity index (χ1) is 11.5. The van der Waals surface area contributed by atoms with Crippen molar-refractivity contribution < 1.29 is 9.21 Å². The number of carbonyl (C=O) groups excluding carboxylic acids is 1. The maximum absolute atomic E-state index is 12.8. The van der Waals surface area contributed by atoms with Gasteiger partial charge in [-0.2, -0.15) is 0 Å². The number of thioether (sulfide) groups is 1. The zero-order valence-corrected chi connectivity index (χ0v) is 15.3. The lowest BCUT2D eigenvalue weighted by Crippen LogP contribution is -2.14. The summed E-state index contributed by atoms with van der Waals surface area (Å²) >= 11 is 2.68. The van der Waals surface area contributed by atoms with Gasteiger partial charge in [-0.1, -0.05) is 23.1 Å². The molecule has 6 nitrogen and oxygen atoms in total. The molecule has 0 bridgehead atoms.